The average Bonchev–Trinajstić information content (AvgIpc) is 3.23. The maximum atomic E-state index is 13.4. The van der Waals surface area contributed by atoms with Crippen LogP contribution >= 0.6 is 0 Å². The molecule has 0 spiro atoms. The van der Waals surface area contributed by atoms with Crippen LogP contribution in [0.4, 0.5) is 0 Å². The van der Waals surface area contributed by atoms with Gasteiger partial charge >= 0.3 is 5.97 Å². The van der Waals surface area contributed by atoms with Crippen molar-refractivity contribution in [2.75, 3.05) is 26.7 Å². The number of quaternary nitrogens is 1. The van der Waals surface area contributed by atoms with Crippen LogP contribution in [0.2, 0.25) is 0 Å². The fourth-order valence-corrected chi connectivity index (χ4v) is 5.69. The van der Waals surface area contributed by atoms with Gasteiger partial charge in [0.25, 0.3) is 0 Å². The van der Waals surface area contributed by atoms with Gasteiger partial charge in [0.15, 0.2) is 5.60 Å². The number of carbonyl (C=O) groups is 1. The summed E-state index contributed by atoms with van der Waals surface area (Å²) in [6.07, 6.45) is 11.9. The van der Waals surface area contributed by atoms with Gasteiger partial charge in [-0.05, 0) is 36.1 Å². The van der Waals surface area contributed by atoms with Crippen molar-refractivity contribution >= 4 is 5.97 Å². The third kappa shape index (κ3) is 4.89. The molecule has 2 unspecified atom stereocenters. The third-order valence-corrected chi connectivity index (χ3v) is 7.88. The van der Waals surface area contributed by atoms with Gasteiger partial charge in [0.05, 0.1) is 20.1 Å². The molecule has 0 bridgehead atoms. The molecule has 4 rings (SSSR count). The first-order chi connectivity index (χ1) is 15.5. The maximum absolute atomic E-state index is 13.4. The van der Waals surface area contributed by atoms with Gasteiger partial charge in [-0.25, -0.2) is 4.79 Å². The number of hydrogen-bond acceptors (Lipinski definition) is 4. The Kier molecular flexibility index (Phi) is 7.27. The topological polar surface area (TPSA) is 59.4 Å². The quantitative estimate of drug-likeness (QED) is 0.496. The number of ether oxygens (including phenoxy) is 1. The normalized spacial score (nSPS) is 25.9. The first kappa shape index (κ1) is 22.9. The van der Waals surface area contributed by atoms with Crippen molar-refractivity contribution in [2.45, 2.75) is 63.0 Å². The molecule has 2 aromatic rings. The number of pyridine rings is 1. The second-order valence-corrected chi connectivity index (χ2v) is 9.89. The summed E-state index contributed by atoms with van der Waals surface area (Å²) in [5, 5.41) is 11.7. The predicted molar refractivity (Wildman–Crippen MR) is 125 cm³/mol. The molecule has 172 valence electrons. The molecule has 1 aliphatic carbocycles. The van der Waals surface area contributed by atoms with Gasteiger partial charge in [0.2, 0.25) is 0 Å². The molecule has 1 aromatic carbocycles. The molecular weight excluding hydrogens is 400 g/mol. The highest BCUT2D eigenvalue weighted by Gasteiger charge is 2.48. The lowest BCUT2D eigenvalue weighted by Gasteiger charge is -2.39. The second-order valence-electron chi connectivity index (χ2n) is 9.89. The van der Waals surface area contributed by atoms with Crippen molar-refractivity contribution in [1.82, 2.24) is 4.98 Å². The molecule has 1 aromatic heterocycles. The van der Waals surface area contributed by atoms with E-state index in [1.807, 2.05) is 42.7 Å². The van der Waals surface area contributed by atoms with Crippen LogP contribution in [0.1, 0.15) is 56.1 Å². The van der Waals surface area contributed by atoms with Gasteiger partial charge < -0.3 is 14.3 Å². The van der Waals surface area contributed by atoms with E-state index in [9.17, 15) is 9.90 Å². The van der Waals surface area contributed by atoms with E-state index in [2.05, 4.69) is 24.2 Å². The van der Waals surface area contributed by atoms with E-state index in [0.717, 1.165) is 62.5 Å². The summed E-state index contributed by atoms with van der Waals surface area (Å²) in [4.78, 5) is 17.5. The average molecular weight is 438 g/mol. The largest absolute Gasteiger partial charge is 0.457 e. The summed E-state index contributed by atoms with van der Waals surface area (Å²) in [6, 6.07) is 13.8. The van der Waals surface area contributed by atoms with Crippen LogP contribution in [-0.4, -0.2) is 53.3 Å². The van der Waals surface area contributed by atoms with Crippen LogP contribution < -0.4 is 0 Å². The number of esters is 1. The molecule has 1 saturated heterocycles. The summed E-state index contributed by atoms with van der Waals surface area (Å²) in [5.74, 6) is -0.550. The number of nitrogens with zero attached hydrogens (tertiary/aromatic N) is 2. The first-order valence-corrected chi connectivity index (χ1v) is 12.2. The van der Waals surface area contributed by atoms with E-state index in [1.165, 1.54) is 12.0 Å². The number of aromatic nitrogens is 1. The Labute approximate surface area is 192 Å². The van der Waals surface area contributed by atoms with Crippen molar-refractivity contribution in [3.63, 3.8) is 0 Å². The standard InChI is InChI=1S/C27H37N2O3/c1-29(20-16-22-14-17-28-18-15-22)19-8-13-25(29)21-32-26(30)27(31,23-9-4-2-5-10-23)24-11-6-3-7-12-24/h2,4-5,9-10,14-15,17-18,24-25,31H,3,6-8,11-13,16,19-21H2,1H3/q+1/t25?,27-,29?/m0/s1. The monoisotopic (exact) mass is 437 g/mol. The van der Waals surface area contributed by atoms with Gasteiger partial charge in [0, 0.05) is 37.6 Å². The van der Waals surface area contributed by atoms with Gasteiger partial charge in [0.1, 0.15) is 12.6 Å². The number of benzene rings is 1. The Morgan fingerprint density at radius 3 is 2.50 bits per heavy atom. The molecule has 0 amide bonds. The fourth-order valence-electron chi connectivity index (χ4n) is 5.69. The van der Waals surface area contributed by atoms with E-state index in [0.29, 0.717) is 12.2 Å². The highest BCUT2D eigenvalue weighted by atomic mass is 16.6. The van der Waals surface area contributed by atoms with Crippen molar-refractivity contribution in [3.05, 3.63) is 66.0 Å². The van der Waals surface area contributed by atoms with E-state index in [-0.39, 0.29) is 12.0 Å². The summed E-state index contributed by atoms with van der Waals surface area (Å²) in [6.45, 7) is 2.48. The van der Waals surface area contributed by atoms with Crippen molar-refractivity contribution in [3.8, 4) is 0 Å². The highest BCUT2D eigenvalue weighted by molar-refractivity contribution is 5.81. The van der Waals surface area contributed by atoms with E-state index in [4.69, 9.17) is 4.74 Å². The Morgan fingerprint density at radius 2 is 1.78 bits per heavy atom. The zero-order valence-corrected chi connectivity index (χ0v) is 19.3. The smallest absolute Gasteiger partial charge is 0.343 e. The molecule has 3 atom stereocenters. The van der Waals surface area contributed by atoms with Gasteiger partial charge in [-0.1, -0.05) is 49.6 Å². The molecule has 1 saturated carbocycles. The predicted octanol–water partition coefficient (Wildman–Crippen LogP) is 4.24. The van der Waals surface area contributed by atoms with E-state index < -0.39 is 11.6 Å². The Morgan fingerprint density at radius 1 is 1.06 bits per heavy atom. The van der Waals surface area contributed by atoms with Crippen molar-refractivity contribution in [1.29, 1.82) is 0 Å². The van der Waals surface area contributed by atoms with Gasteiger partial charge in [-0.15, -0.1) is 0 Å². The van der Waals surface area contributed by atoms with Crippen molar-refractivity contribution in [2.24, 2.45) is 5.92 Å². The summed E-state index contributed by atoms with van der Waals surface area (Å²) >= 11 is 0. The van der Waals surface area contributed by atoms with E-state index >= 15 is 0 Å². The second kappa shape index (κ2) is 10.1. The van der Waals surface area contributed by atoms with Crippen molar-refractivity contribution < 1.29 is 19.1 Å². The molecule has 1 N–H and O–H groups in total. The van der Waals surface area contributed by atoms with Crippen LogP contribution in [0.25, 0.3) is 0 Å². The zero-order chi connectivity index (χ0) is 22.4. The minimum atomic E-state index is -1.55. The number of likely N-dealkylation sites (tertiary alicyclic amines) is 1. The summed E-state index contributed by atoms with van der Waals surface area (Å²) in [5.41, 5.74) is 0.400. The number of rotatable bonds is 8. The van der Waals surface area contributed by atoms with Gasteiger partial charge in [-0.2, -0.15) is 0 Å². The lowest BCUT2D eigenvalue weighted by Crippen LogP contribution is -2.52. The number of carbonyl (C=O) groups excluding carboxylic acids is 1. The number of aliphatic hydroxyl groups is 1. The van der Waals surface area contributed by atoms with Crippen LogP contribution in [0.15, 0.2) is 54.9 Å². The Bertz CT molecular complexity index is 869. The van der Waals surface area contributed by atoms with E-state index in [1.54, 1.807) is 0 Å². The minimum absolute atomic E-state index is 0.0812. The zero-order valence-electron chi connectivity index (χ0n) is 19.3. The maximum Gasteiger partial charge on any atom is 0.343 e. The van der Waals surface area contributed by atoms with Crippen LogP contribution in [-0.2, 0) is 21.6 Å². The molecular formula is C27H37N2O3+. The molecule has 5 nitrogen and oxygen atoms in total. The number of hydrogen-bond donors (Lipinski definition) is 1. The molecule has 2 heterocycles. The SMILES string of the molecule is C[N+]1(CCc2ccncc2)CCCC1COC(=O)[C@](O)(c1ccccc1)C1CCCCC1. The lowest BCUT2D eigenvalue weighted by atomic mass is 9.73. The van der Waals surface area contributed by atoms with Gasteiger partial charge in [-0.3, -0.25) is 4.98 Å². The molecule has 0 radical (unpaired) electrons. The molecule has 1 aliphatic heterocycles. The summed E-state index contributed by atoms with van der Waals surface area (Å²) < 4.78 is 6.84. The lowest BCUT2D eigenvalue weighted by molar-refractivity contribution is -0.921. The molecule has 5 heteroatoms. The first-order valence-electron chi connectivity index (χ1n) is 12.2. The fraction of sp³-hybridized carbons (Fsp3) is 0.556. The molecule has 32 heavy (non-hydrogen) atoms. The Balaban J connectivity index is 1.44. The van der Waals surface area contributed by atoms with Crippen LogP contribution in [0.3, 0.4) is 0 Å². The third-order valence-electron chi connectivity index (χ3n) is 7.88. The van der Waals surface area contributed by atoms with Crippen LogP contribution in [0.5, 0.6) is 0 Å². The minimum Gasteiger partial charge on any atom is -0.457 e. The molecule has 2 fully saturated rings. The Hall–Kier alpha value is -2.24. The molecule has 2 aliphatic rings. The number of likely N-dealkylation sites (N-methyl/N-ethyl adjacent to an activating group) is 1. The summed E-state index contributed by atoms with van der Waals surface area (Å²) in [7, 11) is 2.28. The van der Waals surface area contributed by atoms with Crippen LogP contribution in [0, 0.1) is 5.92 Å². The highest BCUT2D eigenvalue weighted by Crippen LogP contribution is 2.40.